The smallest absolute Gasteiger partial charge is 0.0643 e. The minimum Gasteiger partial charge on any atom is -0.261 e. The number of hydrogen-bond acceptors (Lipinski definition) is 2. The topological polar surface area (TPSA) is 25.8 Å². The first-order chi connectivity index (χ1) is 7.00. The fourth-order valence-corrected chi connectivity index (χ4v) is 0.825. The van der Waals surface area contributed by atoms with Crippen LogP contribution in [-0.4, -0.2) is 9.97 Å². The number of rotatable bonds is 0. The van der Waals surface area contributed by atoms with Crippen LogP contribution in [0.15, 0.2) is 12.4 Å². The first-order valence-electron chi connectivity index (χ1n) is 5.79. The molecule has 0 aliphatic rings. The Morgan fingerprint density at radius 1 is 0.933 bits per heavy atom. The normalized spacial score (nSPS) is 9.33. The van der Waals surface area contributed by atoms with E-state index in [4.69, 9.17) is 0 Å². The van der Waals surface area contributed by atoms with Crippen molar-refractivity contribution in [2.24, 2.45) is 0 Å². The molecule has 0 bridgehead atoms. The van der Waals surface area contributed by atoms with Crippen LogP contribution in [0.2, 0.25) is 0 Å². The van der Waals surface area contributed by atoms with E-state index >= 15 is 0 Å². The SMILES string of the molecule is CC.CC.Cc1cncc(C(C)(C)C)n1. The monoisotopic (exact) mass is 210 g/mol. The quantitative estimate of drug-likeness (QED) is 0.643. The Hall–Kier alpha value is -0.920. The molecule has 0 unspecified atom stereocenters. The van der Waals surface area contributed by atoms with Crippen molar-refractivity contribution in [1.29, 1.82) is 0 Å². The van der Waals surface area contributed by atoms with Gasteiger partial charge in [-0.3, -0.25) is 9.97 Å². The Balaban J connectivity index is 0. The highest BCUT2D eigenvalue weighted by Gasteiger charge is 2.14. The molecule has 0 aliphatic carbocycles. The van der Waals surface area contributed by atoms with Crippen LogP contribution in [0.3, 0.4) is 0 Å². The number of aromatic nitrogens is 2. The molecule has 0 aliphatic heterocycles. The van der Waals surface area contributed by atoms with Gasteiger partial charge in [-0.05, 0) is 6.92 Å². The molecular formula is C13H26N2. The average molecular weight is 210 g/mol. The summed E-state index contributed by atoms with van der Waals surface area (Å²) in [6, 6.07) is 0. The van der Waals surface area contributed by atoms with Crippen molar-refractivity contribution in [2.45, 2.75) is 60.8 Å². The van der Waals surface area contributed by atoms with Crippen molar-refractivity contribution >= 4 is 0 Å². The summed E-state index contributed by atoms with van der Waals surface area (Å²) in [6.45, 7) is 16.4. The predicted molar refractivity (Wildman–Crippen MR) is 68.2 cm³/mol. The largest absolute Gasteiger partial charge is 0.261 e. The van der Waals surface area contributed by atoms with Gasteiger partial charge in [0.1, 0.15) is 0 Å². The van der Waals surface area contributed by atoms with E-state index in [9.17, 15) is 0 Å². The Bertz CT molecular complexity index is 249. The molecule has 0 radical (unpaired) electrons. The van der Waals surface area contributed by atoms with E-state index in [1.807, 2.05) is 40.8 Å². The zero-order valence-corrected chi connectivity index (χ0v) is 11.5. The van der Waals surface area contributed by atoms with Crippen LogP contribution in [0.4, 0.5) is 0 Å². The lowest BCUT2D eigenvalue weighted by Gasteiger charge is -2.16. The molecule has 0 fully saturated rings. The van der Waals surface area contributed by atoms with E-state index in [-0.39, 0.29) is 5.41 Å². The lowest BCUT2D eigenvalue weighted by atomic mass is 9.93. The Morgan fingerprint density at radius 3 is 1.67 bits per heavy atom. The first kappa shape index (κ1) is 16.5. The van der Waals surface area contributed by atoms with Crippen LogP contribution >= 0.6 is 0 Å². The third kappa shape index (κ3) is 7.06. The van der Waals surface area contributed by atoms with Gasteiger partial charge in [-0.15, -0.1) is 0 Å². The zero-order chi connectivity index (χ0) is 12.5. The minimum absolute atomic E-state index is 0.110. The zero-order valence-electron chi connectivity index (χ0n) is 11.5. The summed E-state index contributed by atoms with van der Waals surface area (Å²) < 4.78 is 0. The molecule has 2 nitrogen and oxygen atoms in total. The molecule has 0 aromatic carbocycles. The summed E-state index contributed by atoms with van der Waals surface area (Å²) in [7, 11) is 0. The van der Waals surface area contributed by atoms with Gasteiger partial charge in [0.05, 0.1) is 11.4 Å². The maximum absolute atomic E-state index is 4.38. The minimum atomic E-state index is 0.110. The number of aryl methyl sites for hydroxylation is 1. The molecule has 2 heteroatoms. The van der Waals surface area contributed by atoms with E-state index in [1.54, 1.807) is 6.20 Å². The lowest BCUT2D eigenvalue weighted by Crippen LogP contribution is -2.14. The molecule has 0 atom stereocenters. The molecule has 0 spiro atoms. The molecule has 0 saturated carbocycles. The van der Waals surface area contributed by atoms with Crippen molar-refractivity contribution in [2.75, 3.05) is 0 Å². The molecule has 1 rings (SSSR count). The summed E-state index contributed by atoms with van der Waals surface area (Å²) in [5.74, 6) is 0. The maximum atomic E-state index is 4.38. The fourth-order valence-electron chi connectivity index (χ4n) is 0.825. The van der Waals surface area contributed by atoms with E-state index in [0.717, 1.165) is 11.4 Å². The summed E-state index contributed by atoms with van der Waals surface area (Å²) in [5, 5.41) is 0. The van der Waals surface area contributed by atoms with Crippen LogP contribution < -0.4 is 0 Å². The van der Waals surface area contributed by atoms with Crippen molar-refractivity contribution in [1.82, 2.24) is 9.97 Å². The highest BCUT2D eigenvalue weighted by Crippen LogP contribution is 2.18. The van der Waals surface area contributed by atoms with Crippen LogP contribution in [0.5, 0.6) is 0 Å². The molecule has 1 heterocycles. The van der Waals surface area contributed by atoms with Crippen LogP contribution in [0, 0.1) is 6.92 Å². The second-order valence-corrected chi connectivity index (χ2v) is 3.80. The van der Waals surface area contributed by atoms with Gasteiger partial charge in [0.25, 0.3) is 0 Å². The third-order valence-corrected chi connectivity index (χ3v) is 1.52. The molecule has 1 aromatic heterocycles. The third-order valence-electron chi connectivity index (χ3n) is 1.52. The molecule has 0 amide bonds. The maximum Gasteiger partial charge on any atom is 0.0643 e. The highest BCUT2D eigenvalue weighted by molar-refractivity contribution is 5.10. The second-order valence-electron chi connectivity index (χ2n) is 3.80. The van der Waals surface area contributed by atoms with Gasteiger partial charge in [-0.2, -0.15) is 0 Å². The molecule has 88 valence electrons. The van der Waals surface area contributed by atoms with Gasteiger partial charge >= 0.3 is 0 Å². The summed E-state index contributed by atoms with van der Waals surface area (Å²) in [4.78, 5) is 8.47. The van der Waals surface area contributed by atoms with Crippen molar-refractivity contribution in [3.8, 4) is 0 Å². The van der Waals surface area contributed by atoms with Gasteiger partial charge in [-0.25, -0.2) is 0 Å². The summed E-state index contributed by atoms with van der Waals surface area (Å²) in [5.41, 5.74) is 2.15. The van der Waals surface area contributed by atoms with E-state index in [2.05, 4.69) is 30.7 Å². The van der Waals surface area contributed by atoms with Gasteiger partial charge in [0, 0.05) is 17.8 Å². The molecule has 0 saturated heterocycles. The van der Waals surface area contributed by atoms with Crippen LogP contribution in [-0.2, 0) is 5.41 Å². The second kappa shape index (κ2) is 8.39. The fraction of sp³-hybridized carbons (Fsp3) is 0.692. The lowest BCUT2D eigenvalue weighted by molar-refractivity contribution is 0.563. The van der Waals surface area contributed by atoms with E-state index < -0.39 is 0 Å². The van der Waals surface area contributed by atoms with Crippen molar-refractivity contribution in [3.63, 3.8) is 0 Å². The molecule has 15 heavy (non-hydrogen) atoms. The van der Waals surface area contributed by atoms with Crippen LogP contribution in [0.25, 0.3) is 0 Å². The van der Waals surface area contributed by atoms with Gasteiger partial charge in [-0.1, -0.05) is 48.5 Å². The Labute approximate surface area is 95.2 Å². The molecule has 0 N–H and O–H groups in total. The van der Waals surface area contributed by atoms with Crippen molar-refractivity contribution < 1.29 is 0 Å². The van der Waals surface area contributed by atoms with Crippen LogP contribution in [0.1, 0.15) is 59.9 Å². The standard InChI is InChI=1S/C9H14N2.2C2H6/c1-7-5-10-6-8(11-7)9(2,3)4;2*1-2/h5-6H,1-4H3;2*1-2H3. The predicted octanol–water partition coefficient (Wildman–Crippen LogP) is 4.13. The van der Waals surface area contributed by atoms with E-state index in [0.29, 0.717) is 0 Å². The molecule has 1 aromatic rings. The number of hydrogen-bond donors (Lipinski definition) is 0. The highest BCUT2D eigenvalue weighted by atomic mass is 14.8. The van der Waals surface area contributed by atoms with Crippen molar-refractivity contribution in [3.05, 3.63) is 23.8 Å². The number of nitrogens with zero attached hydrogens (tertiary/aromatic N) is 2. The van der Waals surface area contributed by atoms with Gasteiger partial charge in [0.15, 0.2) is 0 Å². The Kier molecular flexibility index (Phi) is 9.24. The van der Waals surface area contributed by atoms with Gasteiger partial charge < -0.3 is 0 Å². The van der Waals surface area contributed by atoms with E-state index in [1.165, 1.54) is 0 Å². The Morgan fingerprint density at radius 2 is 1.40 bits per heavy atom. The molecular weight excluding hydrogens is 184 g/mol. The first-order valence-corrected chi connectivity index (χ1v) is 5.79. The summed E-state index contributed by atoms with van der Waals surface area (Å²) in [6.07, 6.45) is 3.60. The summed E-state index contributed by atoms with van der Waals surface area (Å²) >= 11 is 0. The average Bonchev–Trinajstić information content (AvgIpc) is 2.23. The van der Waals surface area contributed by atoms with Gasteiger partial charge in [0.2, 0.25) is 0 Å².